The predicted octanol–water partition coefficient (Wildman–Crippen LogP) is 3.63. The SMILES string of the molecule is CCCNC(c1ccoc1Cl)C(C)C. The van der Waals surface area contributed by atoms with Crippen LogP contribution in [-0.2, 0) is 0 Å². The van der Waals surface area contributed by atoms with Crippen molar-refractivity contribution in [2.45, 2.75) is 33.2 Å². The summed E-state index contributed by atoms with van der Waals surface area (Å²) >= 11 is 5.95. The van der Waals surface area contributed by atoms with Crippen LogP contribution in [0.2, 0.25) is 5.22 Å². The van der Waals surface area contributed by atoms with Crippen molar-refractivity contribution < 1.29 is 4.42 Å². The lowest BCUT2D eigenvalue weighted by Gasteiger charge is -2.21. The molecule has 1 heterocycles. The average Bonchev–Trinajstić information content (AvgIpc) is 2.52. The number of rotatable bonds is 5. The molecule has 0 aromatic carbocycles. The Bertz CT molecular complexity index is 270. The highest BCUT2D eigenvalue weighted by atomic mass is 35.5. The van der Waals surface area contributed by atoms with Crippen molar-refractivity contribution in [3.05, 3.63) is 23.1 Å². The Labute approximate surface area is 90.6 Å². The van der Waals surface area contributed by atoms with E-state index >= 15 is 0 Å². The van der Waals surface area contributed by atoms with Gasteiger partial charge in [-0.3, -0.25) is 0 Å². The van der Waals surface area contributed by atoms with E-state index in [9.17, 15) is 0 Å². The second-order valence-electron chi connectivity index (χ2n) is 3.83. The van der Waals surface area contributed by atoms with Crippen LogP contribution in [0.15, 0.2) is 16.7 Å². The fourth-order valence-corrected chi connectivity index (χ4v) is 1.76. The van der Waals surface area contributed by atoms with E-state index in [0.717, 1.165) is 18.5 Å². The molecule has 0 aliphatic heterocycles. The summed E-state index contributed by atoms with van der Waals surface area (Å²) in [6.07, 6.45) is 2.76. The third-order valence-corrected chi connectivity index (χ3v) is 2.57. The van der Waals surface area contributed by atoms with Gasteiger partial charge in [-0.05, 0) is 36.6 Å². The molecule has 0 radical (unpaired) electrons. The summed E-state index contributed by atoms with van der Waals surface area (Å²) in [5.41, 5.74) is 1.06. The van der Waals surface area contributed by atoms with Gasteiger partial charge in [0.1, 0.15) is 0 Å². The molecule has 0 bridgehead atoms. The molecule has 0 fully saturated rings. The molecule has 0 spiro atoms. The topological polar surface area (TPSA) is 25.2 Å². The zero-order valence-electron chi connectivity index (χ0n) is 9.01. The maximum Gasteiger partial charge on any atom is 0.197 e. The van der Waals surface area contributed by atoms with Crippen LogP contribution in [0.25, 0.3) is 0 Å². The Morgan fingerprint density at radius 3 is 2.64 bits per heavy atom. The van der Waals surface area contributed by atoms with E-state index in [1.165, 1.54) is 0 Å². The van der Waals surface area contributed by atoms with Gasteiger partial charge >= 0.3 is 0 Å². The summed E-state index contributed by atoms with van der Waals surface area (Å²) in [7, 11) is 0. The summed E-state index contributed by atoms with van der Waals surface area (Å²) < 4.78 is 5.10. The van der Waals surface area contributed by atoms with Crippen molar-refractivity contribution in [3.63, 3.8) is 0 Å². The Balaban J connectivity index is 2.73. The van der Waals surface area contributed by atoms with Crippen LogP contribution >= 0.6 is 11.6 Å². The summed E-state index contributed by atoms with van der Waals surface area (Å²) in [5.74, 6) is 0.511. The molecule has 1 rings (SSSR count). The molecule has 3 heteroatoms. The number of furan rings is 1. The van der Waals surface area contributed by atoms with Gasteiger partial charge in [0.05, 0.1) is 6.26 Å². The molecule has 0 saturated carbocycles. The standard InChI is InChI=1S/C11H18ClNO/c1-4-6-13-10(8(2)3)9-5-7-14-11(9)12/h5,7-8,10,13H,4,6H2,1-3H3. The van der Waals surface area contributed by atoms with Crippen LogP contribution in [0.1, 0.15) is 38.8 Å². The second kappa shape index (κ2) is 5.42. The normalized spacial score (nSPS) is 13.5. The molecule has 0 aliphatic rings. The van der Waals surface area contributed by atoms with Crippen molar-refractivity contribution in [1.29, 1.82) is 0 Å². The van der Waals surface area contributed by atoms with E-state index in [4.69, 9.17) is 16.0 Å². The highest BCUT2D eigenvalue weighted by Gasteiger charge is 2.19. The maximum absolute atomic E-state index is 5.95. The summed E-state index contributed by atoms with van der Waals surface area (Å²) in [6, 6.07) is 2.23. The molecule has 1 aromatic heterocycles. The first-order valence-corrected chi connectivity index (χ1v) is 5.50. The van der Waals surface area contributed by atoms with Crippen LogP contribution in [0.5, 0.6) is 0 Å². The summed E-state index contributed by atoms with van der Waals surface area (Å²) in [6.45, 7) is 7.51. The molecule has 2 nitrogen and oxygen atoms in total. The van der Waals surface area contributed by atoms with Gasteiger partial charge in [-0.1, -0.05) is 20.8 Å². The molecule has 1 atom stereocenters. The zero-order chi connectivity index (χ0) is 10.6. The highest BCUT2D eigenvalue weighted by Crippen LogP contribution is 2.28. The molecule has 0 amide bonds. The maximum atomic E-state index is 5.95. The molecule has 80 valence electrons. The van der Waals surface area contributed by atoms with Crippen LogP contribution in [-0.4, -0.2) is 6.54 Å². The van der Waals surface area contributed by atoms with Crippen LogP contribution < -0.4 is 5.32 Å². The van der Waals surface area contributed by atoms with Gasteiger partial charge < -0.3 is 9.73 Å². The molecular formula is C11H18ClNO. The van der Waals surface area contributed by atoms with Crippen molar-refractivity contribution in [1.82, 2.24) is 5.32 Å². The monoisotopic (exact) mass is 215 g/mol. The Morgan fingerprint density at radius 1 is 1.50 bits per heavy atom. The number of hydrogen-bond acceptors (Lipinski definition) is 2. The molecule has 1 N–H and O–H groups in total. The van der Waals surface area contributed by atoms with E-state index in [1.54, 1.807) is 6.26 Å². The summed E-state index contributed by atoms with van der Waals surface area (Å²) in [5, 5.41) is 3.97. The van der Waals surface area contributed by atoms with Gasteiger partial charge in [0.2, 0.25) is 0 Å². The Hall–Kier alpha value is -0.470. The predicted molar refractivity (Wildman–Crippen MR) is 59.6 cm³/mol. The lowest BCUT2D eigenvalue weighted by atomic mass is 9.98. The van der Waals surface area contributed by atoms with Gasteiger partial charge in [0.15, 0.2) is 5.22 Å². The van der Waals surface area contributed by atoms with Gasteiger partial charge in [-0.25, -0.2) is 0 Å². The third-order valence-electron chi connectivity index (χ3n) is 2.26. The van der Waals surface area contributed by atoms with Gasteiger partial charge in [-0.15, -0.1) is 0 Å². The molecule has 0 saturated heterocycles. The van der Waals surface area contributed by atoms with Gasteiger partial charge in [0.25, 0.3) is 0 Å². The number of hydrogen-bond donors (Lipinski definition) is 1. The van der Waals surface area contributed by atoms with Gasteiger partial charge in [0, 0.05) is 11.6 Å². The minimum absolute atomic E-state index is 0.293. The number of halogens is 1. The highest BCUT2D eigenvalue weighted by molar-refractivity contribution is 6.29. The number of nitrogens with one attached hydrogen (secondary N) is 1. The minimum Gasteiger partial charge on any atom is -0.453 e. The van der Waals surface area contributed by atoms with Crippen molar-refractivity contribution in [3.8, 4) is 0 Å². The van der Waals surface area contributed by atoms with Crippen molar-refractivity contribution >= 4 is 11.6 Å². The first kappa shape index (κ1) is 11.6. The van der Waals surface area contributed by atoms with Crippen LogP contribution in [0.3, 0.4) is 0 Å². The van der Waals surface area contributed by atoms with Gasteiger partial charge in [-0.2, -0.15) is 0 Å². The van der Waals surface area contributed by atoms with E-state index < -0.39 is 0 Å². The van der Waals surface area contributed by atoms with E-state index in [-0.39, 0.29) is 0 Å². The second-order valence-corrected chi connectivity index (χ2v) is 4.17. The molecule has 1 unspecified atom stereocenters. The first-order valence-electron chi connectivity index (χ1n) is 5.13. The van der Waals surface area contributed by atoms with Crippen LogP contribution in [0, 0.1) is 5.92 Å². The zero-order valence-corrected chi connectivity index (χ0v) is 9.77. The van der Waals surface area contributed by atoms with Crippen molar-refractivity contribution in [2.75, 3.05) is 6.54 Å². The Kier molecular flexibility index (Phi) is 4.49. The minimum atomic E-state index is 0.293. The lowest BCUT2D eigenvalue weighted by Crippen LogP contribution is -2.26. The van der Waals surface area contributed by atoms with E-state index in [0.29, 0.717) is 17.2 Å². The largest absolute Gasteiger partial charge is 0.453 e. The average molecular weight is 216 g/mol. The quantitative estimate of drug-likeness (QED) is 0.812. The molecule has 1 aromatic rings. The van der Waals surface area contributed by atoms with E-state index in [1.807, 2.05) is 6.07 Å². The van der Waals surface area contributed by atoms with Crippen molar-refractivity contribution in [2.24, 2.45) is 5.92 Å². The lowest BCUT2D eigenvalue weighted by molar-refractivity contribution is 0.409. The van der Waals surface area contributed by atoms with E-state index in [2.05, 4.69) is 26.1 Å². The first-order chi connectivity index (χ1) is 6.66. The molecular weight excluding hydrogens is 198 g/mol. The van der Waals surface area contributed by atoms with Crippen LogP contribution in [0.4, 0.5) is 0 Å². The molecule has 14 heavy (non-hydrogen) atoms. The fraction of sp³-hybridized carbons (Fsp3) is 0.636. The Morgan fingerprint density at radius 2 is 2.21 bits per heavy atom. The molecule has 0 aliphatic carbocycles. The smallest absolute Gasteiger partial charge is 0.197 e. The fourth-order valence-electron chi connectivity index (χ4n) is 1.53. The summed E-state index contributed by atoms with van der Waals surface area (Å²) in [4.78, 5) is 0. The third kappa shape index (κ3) is 2.76.